The van der Waals surface area contributed by atoms with Gasteiger partial charge in [0.25, 0.3) is 10.0 Å². The summed E-state index contributed by atoms with van der Waals surface area (Å²) < 4.78 is 28.1. The number of hydrogen-bond donors (Lipinski definition) is 1. The van der Waals surface area contributed by atoms with Crippen molar-refractivity contribution < 1.29 is 8.42 Å². The van der Waals surface area contributed by atoms with E-state index in [2.05, 4.69) is 4.72 Å². The van der Waals surface area contributed by atoms with Crippen molar-refractivity contribution in [3.05, 3.63) is 56.6 Å². The Kier molecular flexibility index (Phi) is 4.76. The molecule has 0 amide bonds. The lowest BCUT2D eigenvalue weighted by molar-refractivity contribution is 0.599. The highest BCUT2D eigenvalue weighted by Crippen LogP contribution is 2.29. The van der Waals surface area contributed by atoms with E-state index in [-0.39, 0.29) is 0 Å². The molecule has 0 aromatic heterocycles. The van der Waals surface area contributed by atoms with E-state index < -0.39 is 10.0 Å². The van der Waals surface area contributed by atoms with Gasteiger partial charge in [-0.25, -0.2) is 8.42 Å². The Morgan fingerprint density at radius 3 is 1.73 bits per heavy atom. The maximum atomic E-state index is 12.8. The van der Waals surface area contributed by atoms with E-state index in [4.69, 9.17) is 23.2 Å². The third-order valence-electron chi connectivity index (χ3n) is 3.68. The summed E-state index contributed by atoms with van der Waals surface area (Å²) in [4.78, 5) is 0.307. The molecule has 0 aliphatic heterocycles. The quantitative estimate of drug-likeness (QED) is 0.837. The van der Waals surface area contributed by atoms with Gasteiger partial charge in [-0.1, -0.05) is 29.3 Å². The van der Waals surface area contributed by atoms with Crippen LogP contribution in [0, 0.1) is 27.7 Å². The number of anilines is 1. The Labute approximate surface area is 141 Å². The zero-order valence-corrected chi connectivity index (χ0v) is 15.1. The van der Waals surface area contributed by atoms with Gasteiger partial charge in [-0.15, -0.1) is 0 Å². The number of halogens is 2. The van der Waals surface area contributed by atoms with E-state index >= 15 is 0 Å². The fraction of sp³-hybridized carbons (Fsp3) is 0.250. The van der Waals surface area contributed by atoms with Crippen molar-refractivity contribution in [3.63, 3.8) is 0 Å². The minimum atomic E-state index is -3.72. The van der Waals surface area contributed by atoms with Crippen LogP contribution in [0.3, 0.4) is 0 Å². The molecule has 22 heavy (non-hydrogen) atoms. The zero-order valence-electron chi connectivity index (χ0n) is 12.8. The first-order valence-electron chi connectivity index (χ1n) is 6.68. The zero-order chi connectivity index (χ0) is 16.7. The van der Waals surface area contributed by atoms with E-state index in [9.17, 15) is 8.42 Å². The molecule has 2 aromatic carbocycles. The van der Waals surface area contributed by atoms with Crippen molar-refractivity contribution in [1.29, 1.82) is 0 Å². The van der Waals surface area contributed by atoms with Gasteiger partial charge in [-0.3, -0.25) is 4.72 Å². The molecule has 0 aliphatic carbocycles. The highest BCUT2D eigenvalue weighted by atomic mass is 35.5. The predicted molar refractivity (Wildman–Crippen MR) is 92.7 cm³/mol. The first-order chi connectivity index (χ1) is 10.1. The Morgan fingerprint density at radius 1 is 0.818 bits per heavy atom. The molecule has 6 heteroatoms. The second kappa shape index (κ2) is 6.11. The summed E-state index contributed by atoms with van der Waals surface area (Å²) in [6, 6.07) is 6.59. The second-order valence-electron chi connectivity index (χ2n) is 5.35. The molecule has 118 valence electrons. The number of rotatable bonds is 3. The third kappa shape index (κ3) is 3.40. The summed E-state index contributed by atoms with van der Waals surface area (Å²) in [5.74, 6) is 0. The number of aryl methyl sites for hydroxylation is 2. The van der Waals surface area contributed by atoms with Crippen LogP contribution in [0.1, 0.15) is 22.3 Å². The molecular formula is C16H17Cl2NO2S. The van der Waals surface area contributed by atoms with Crippen LogP contribution < -0.4 is 4.72 Å². The second-order valence-corrected chi connectivity index (χ2v) is 7.85. The maximum Gasteiger partial charge on any atom is 0.262 e. The molecule has 0 saturated carbocycles. The van der Waals surface area contributed by atoms with Crippen LogP contribution in [0.2, 0.25) is 10.0 Å². The third-order valence-corrected chi connectivity index (χ3v) is 5.77. The van der Waals surface area contributed by atoms with Gasteiger partial charge in [-0.2, -0.15) is 0 Å². The topological polar surface area (TPSA) is 46.2 Å². The molecule has 0 fully saturated rings. The van der Waals surface area contributed by atoms with Crippen LogP contribution in [-0.4, -0.2) is 8.42 Å². The van der Waals surface area contributed by atoms with Crippen molar-refractivity contribution in [1.82, 2.24) is 0 Å². The molecular weight excluding hydrogens is 341 g/mol. The molecule has 0 unspecified atom stereocenters. The standard InChI is InChI=1S/C16H17Cl2NO2S/c1-9-5-10(2)12(4)16(11(9)3)22(20,21)19-15-7-13(17)6-14(18)8-15/h5-8,19H,1-4H3. The van der Waals surface area contributed by atoms with Gasteiger partial charge in [-0.05, 0) is 68.1 Å². The van der Waals surface area contributed by atoms with Crippen molar-refractivity contribution in [3.8, 4) is 0 Å². The average Bonchev–Trinajstić information content (AvgIpc) is 2.34. The molecule has 0 aliphatic rings. The summed E-state index contributed by atoms with van der Waals surface area (Å²) in [6.45, 7) is 7.41. The van der Waals surface area contributed by atoms with E-state index in [0.29, 0.717) is 20.6 Å². The fourth-order valence-electron chi connectivity index (χ4n) is 2.40. The number of sulfonamides is 1. The molecule has 2 aromatic rings. The van der Waals surface area contributed by atoms with Gasteiger partial charge >= 0.3 is 0 Å². The van der Waals surface area contributed by atoms with Crippen LogP contribution >= 0.6 is 23.2 Å². The lowest BCUT2D eigenvalue weighted by atomic mass is 10.0. The first-order valence-corrected chi connectivity index (χ1v) is 8.92. The number of nitrogens with one attached hydrogen (secondary N) is 1. The smallest absolute Gasteiger partial charge is 0.262 e. The van der Waals surface area contributed by atoms with E-state index in [1.54, 1.807) is 19.9 Å². The van der Waals surface area contributed by atoms with E-state index in [0.717, 1.165) is 22.3 Å². The summed E-state index contributed by atoms with van der Waals surface area (Å²) >= 11 is 11.8. The Balaban J connectivity index is 2.56. The van der Waals surface area contributed by atoms with Gasteiger partial charge in [0.2, 0.25) is 0 Å². The first kappa shape index (κ1) is 17.1. The van der Waals surface area contributed by atoms with Crippen LogP contribution in [0.25, 0.3) is 0 Å². The predicted octanol–water partition coefficient (Wildman–Crippen LogP) is 5.03. The lowest BCUT2D eigenvalue weighted by Crippen LogP contribution is -2.17. The van der Waals surface area contributed by atoms with Crippen LogP contribution in [-0.2, 0) is 10.0 Å². The van der Waals surface area contributed by atoms with Crippen LogP contribution in [0.5, 0.6) is 0 Å². The Bertz CT molecular complexity index is 799. The fourth-order valence-corrected chi connectivity index (χ4v) is 4.59. The van der Waals surface area contributed by atoms with Crippen molar-refractivity contribution in [2.45, 2.75) is 32.6 Å². The van der Waals surface area contributed by atoms with Gasteiger partial charge < -0.3 is 0 Å². The molecule has 0 radical (unpaired) electrons. The van der Waals surface area contributed by atoms with Crippen LogP contribution in [0.4, 0.5) is 5.69 Å². The molecule has 0 bridgehead atoms. The molecule has 0 spiro atoms. The summed E-state index contributed by atoms with van der Waals surface area (Å²) in [7, 11) is -3.72. The molecule has 0 atom stereocenters. The number of benzene rings is 2. The minimum absolute atomic E-state index is 0.307. The molecule has 0 heterocycles. The molecule has 3 nitrogen and oxygen atoms in total. The SMILES string of the molecule is Cc1cc(C)c(C)c(S(=O)(=O)Nc2cc(Cl)cc(Cl)c2)c1C. The summed E-state index contributed by atoms with van der Waals surface area (Å²) in [5.41, 5.74) is 3.70. The summed E-state index contributed by atoms with van der Waals surface area (Å²) in [6.07, 6.45) is 0. The maximum absolute atomic E-state index is 12.8. The molecule has 2 rings (SSSR count). The minimum Gasteiger partial charge on any atom is -0.280 e. The van der Waals surface area contributed by atoms with Crippen molar-refractivity contribution in [2.24, 2.45) is 0 Å². The lowest BCUT2D eigenvalue weighted by Gasteiger charge is -2.17. The van der Waals surface area contributed by atoms with Crippen molar-refractivity contribution in [2.75, 3.05) is 4.72 Å². The van der Waals surface area contributed by atoms with Gasteiger partial charge in [0.1, 0.15) is 0 Å². The highest BCUT2D eigenvalue weighted by molar-refractivity contribution is 7.92. The highest BCUT2D eigenvalue weighted by Gasteiger charge is 2.22. The number of hydrogen-bond acceptors (Lipinski definition) is 2. The van der Waals surface area contributed by atoms with Gasteiger partial charge in [0.15, 0.2) is 0 Å². The Hall–Kier alpha value is -1.23. The van der Waals surface area contributed by atoms with Gasteiger partial charge in [0.05, 0.1) is 10.6 Å². The monoisotopic (exact) mass is 357 g/mol. The Morgan fingerprint density at radius 2 is 1.27 bits per heavy atom. The van der Waals surface area contributed by atoms with E-state index in [1.807, 2.05) is 19.9 Å². The largest absolute Gasteiger partial charge is 0.280 e. The van der Waals surface area contributed by atoms with Crippen molar-refractivity contribution >= 4 is 38.9 Å². The normalized spacial score (nSPS) is 11.5. The van der Waals surface area contributed by atoms with Gasteiger partial charge in [0, 0.05) is 10.0 Å². The summed E-state index contributed by atoms with van der Waals surface area (Å²) in [5, 5.41) is 0.748. The van der Waals surface area contributed by atoms with E-state index in [1.165, 1.54) is 12.1 Å². The molecule has 1 N–H and O–H groups in total. The van der Waals surface area contributed by atoms with Crippen LogP contribution in [0.15, 0.2) is 29.2 Å². The average molecular weight is 358 g/mol. The molecule has 0 saturated heterocycles.